The molecule has 0 fully saturated rings. The van der Waals surface area contributed by atoms with Crippen LogP contribution in [-0.4, -0.2) is 16.7 Å². The number of hydroxylamine groups is 1. The van der Waals surface area contributed by atoms with Gasteiger partial charge in [-0.15, -0.1) is 0 Å². The van der Waals surface area contributed by atoms with Crippen molar-refractivity contribution in [1.29, 1.82) is 0 Å². The number of benzene rings is 1. The Hall–Kier alpha value is -2.10. The highest BCUT2D eigenvalue weighted by atomic mass is 35.5. The number of aromatic amines is 1. The zero-order chi connectivity index (χ0) is 17.9. The van der Waals surface area contributed by atoms with E-state index < -0.39 is 23.1 Å². The molecule has 0 saturated carbocycles. The summed E-state index contributed by atoms with van der Waals surface area (Å²) in [5.74, 6) is 0. The first-order valence-corrected chi connectivity index (χ1v) is 7.04. The normalized spacial score (nSPS) is 11.7. The number of hydrogen-bond donors (Lipinski definition) is 2. The number of nitrogens with zero attached hydrogens (tertiary/aromatic N) is 1. The van der Waals surface area contributed by atoms with Crippen LogP contribution in [0, 0.1) is 0 Å². The van der Waals surface area contributed by atoms with E-state index in [0.717, 1.165) is 0 Å². The molecule has 0 saturated heterocycles. The average molecular weight is 364 g/mol. The van der Waals surface area contributed by atoms with Crippen LogP contribution in [0.3, 0.4) is 0 Å². The van der Waals surface area contributed by atoms with E-state index in [4.69, 9.17) is 16.4 Å². The Morgan fingerprint density at radius 1 is 1.29 bits per heavy atom. The number of nitrogens with one attached hydrogen (secondary N) is 2. The van der Waals surface area contributed by atoms with E-state index in [1.165, 1.54) is 7.11 Å². The molecule has 0 spiro atoms. The maximum Gasteiger partial charge on any atom is 0.431 e. The second kappa shape index (κ2) is 7.20. The van der Waals surface area contributed by atoms with Crippen LogP contribution in [0.4, 0.5) is 13.2 Å². The Morgan fingerprint density at radius 2 is 2.00 bits per heavy atom. The lowest BCUT2D eigenvalue weighted by atomic mass is 10.1. The Labute approximate surface area is 138 Å². The van der Waals surface area contributed by atoms with Crippen LogP contribution in [0.2, 0.25) is 5.02 Å². The SMILES string of the molecule is CONCc1cc(Cn2c(=O)cc(C(F)(F)F)[nH]c2=O)ccc1Cl. The van der Waals surface area contributed by atoms with Crippen LogP contribution in [0.15, 0.2) is 33.9 Å². The van der Waals surface area contributed by atoms with Gasteiger partial charge in [0, 0.05) is 17.6 Å². The van der Waals surface area contributed by atoms with Crippen molar-refractivity contribution in [3.63, 3.8) is 0 Å². The van der Waals surface area contributed by atoms with Crippen molar-refractivity contribution < 1.29 is 18.0 Å². The molecule has 1 aromatic heterocycles. The van der Waals surface area contributed by atoms with Gasteiger partial charge in [-0.3, -0.25) is 9.36 Å². The van der Waals surface area contributed by atoms with Gasteiger partial charge in [0.15, 0.2) is 0 Å². The van der Waals surface area contributed by atoms with Crippen molar-refractivity contribution in [2.24, 2.45) is 0 Å². The lowest BCUT2D eigenvalue weighted by Gasteiger charge is -2.11. The van der Waals surface area contributed by atoms with Gasteiger partial charge in [-0.25, -0.2) is 4.79 Å². The van der Waals surface area contributed by atoms with Gasteiger partial charge in [0.1, 0.15) is 5.69 Å². The Kier molecular flexibility index (Phi) is 5.47. The van der Waals surface area contributed by atoms with Gasteiger partial charge < -0.3 is 9.82 Å². The van der Waals surface area contributed by atoms with E-state index in [2.05, 4.69) is 5.48 Å². The summed E-state index contributed by atoms with van der Waals surface area (Å²) in [6, 6.07) is 5.11. The lowest BCUT2D eigenvalue weighted by Crippen LogP contribution is -2.37. The summed E-state index contributed by atoms with van der Waals surface area (Å²) in [6.07, 6.45) is -4.79. The summed E-state index contributed by atoms with van der Waals surface area (Å²) in [7, 11) is 1.43. The highest BCUT2D eigenvalue weighted by Gasteiger charge is 2.32. The average Bonchev–Trinajstić information content (AvgIpc) is 2.50. The van der Waals surface area contributed by atoms with Crippen LogP contribution in [0.5, 0.6) is 0 Å². The molecule has 1 heterocycles. The lowest BCUT2D eigenvalue weighted by molar-refractivity contribution is -0.141. The molecule has 6 nitrogen and oxygen atoms in total. The molecule has 2 aromatic rings. The maximum absolute atomic E-state index is 12.6. The van der Waals surface area contributed by atoms with Crippen LogP contribution in [-0.2, 0) is 24.1 Å². The monoisotopic (exact) mass is 363 g/mol. The predicted molar refractivity (Wildman–Crippen MR) is 80.7 cm³/mol. The van der Waals surface area contributed by atoms with E-state index in [1.807, 2.05) is 0 Å². The van der Waals surface area contributed by atoms with Crippen molar-refractivity contribution in [3.05, 3.63) is 66.9 Å². The van der Waals surface area contributed by atoms with Gasteiger partial charge in [-0.1, -0.05) is 23.7 Å². The van der Waals surface area contributed by atoms with E-state index in [-0.39, 0.29) is 13.1 Å². The molecule has 0 aliphatic rings. The summed E-state index contributed by atoms with van der Waals surface area (Å²) in [6.45, 7) is 0.0882. The van der Waals surface area contributed by atoms with E-state index in [9.17, 15) is 22.8 Å². The topological polar surface area (TPSA) is 76.1 Å². The Bertz CT molecular complexity index is 814. The zero-order valence-corrected chi connectivity index (χ0v) is 13.2. The first kappa shape index (κ1) is 18.2. The van der Waals surface area contributed by atoms with Crippen molar-refractivity contribution in [2.45, 2.75) is 19.3 Å². The van der Waals surface area contributed by atoms with Gasteiger partial charge in [0.2, 0.25) is 0 Å². The van der Waals surface area contributed by atoms with Crippen molar-refractivity contribution in [1.82, 2.24) is 15.0 Å². The number of H-pyrrole nitrogens is 1. The maximum atomic E-state index is 12.6. The Morgan fingerprint density at radius 3 is 2.58 bits per heavy atom. The summed E-state index contributed by atoms with van der Waals surface area (Å²) < 4.78 is 38.4. The fourth-order valence-electron chi connectivity index (χ4n) is 2.02. The third-order valence-electron chi connectivity index (χ3n) is 3.18. The first-order valence-electron chi connectivity index (χ1n) is 6.67. The fourth-order valence-corrected chi connectivity index (χ4v) is 2.20. The van der Waals surface area contributed by atoms with E-state index >= 15 is 0 Å². The molecule has 2 rings (SSSR count). The number of halogens is 4. The fraction of sp³-hybridized carbons (Fsp3) is 0.286. The number of rotatable bonds is 5. The molecule has 130 valence electrons. The van der Waals surface area contributed by atoms with Crippen LogP contribution in [0.1, 0.15) is 16.8 Å². The molecule has 0 aliphatic carbocycles. The van der Waals surface area contributed by atoms with Crippen LogP contribution < -0.4 is 16.7 Å². The molecule has 24 heavy (non-hydrogen) atoms. The molecular formula is C14H13ClF3N3O3. The van der Waals surface area contributed by atoms with Crippen molar-refractivity contribution >= 4 is 11.6 Å². The summed E-state index contributed by atoms with van der Waals surface area (Å²) >= 11 is 6.01. The first-order chi connectivity index (χ1) is 11.2. The van der Waals surface area contributed by atoms with E-state index in [0.29, 0.717) is 26.8 Å². The second-order valence-electron chi connectivity index (χ2n) is 4.86. The minimum absolute atomic E-state index is 0.191. The quantitative estimate of drug-likeness (QED) is 0.796. The minimum atomic E-state index is -4.79. The molecule has 1 aromatic carbocycles. The highest BCUT2D eigenvalue weighted by Crippen LogP contribution is 2.25. The molecule has 2 N–H and O–H groups in total. The standard InChI is InChI=1S/C14H13ClF3N3O3/c1-24-19-6-9-4-8(2-3-10(9)15)7-21-12(22)5-11(14(16,17)18)20-13(21)23/h2-5,19H,6-7H2,1H3,(H,20,23). The molecule has 0 atom stereocenters. The third kappa shape index (κ3) is 4.25. The van der Waals surface area contributed by atoms with Crippen molar-refractivity contribution in [3.8, 4) is 0 Å². The predicted octanol–water partition coefficient (Wildman–Crippen LogP) is 1.91. The number of hydrogen-bond acceptors (Lipinski definition) is 4. The Balaban J connectivity index is 2.35. The zero-order valence-electron chi connectivity index (χ0n) is 12.4. The molecule has 0 aliphatic heterocycles. The molecule has 0 bridgehead atoms. The molecule has 0 unspecified atom stereocenters. The van der Waals surface area contributed by atoms with Gasteiger partial charge in [-0.2, -0.15) is 18.7 Å². The third-order valence-corrected chi connectivity index (χ3v) is 3.55. The number of aromatic nitrogens is 2. The van der Waals surface area contributed by atoms with Gasteiger partial charge in [0.05, 0.1) is 13.7 Å². The van der Waals surface area contributed by atoms with E-state index in [1.54, 1.807) is 23.2 Å². The smallest absolute Gasteiger partial charge is 0.305 e. The van der Waals surface area contributed by atoms with Crippen LogP contribution in [0.25, 0.3) is 0 Å². The summed E-state index contributed by atoms with van der Waals surface area (Å²) in [4.78, 5) is 30.0. The second-order valence-corrected chi connectivity index (χ2v) is 5.27. The molecule has 0 radical (unpaired) electrons. The number of alkyl halides is 3. The molecule has 0 amide bonds. The minimum Gasteiger partial charge on any atom is -0.305 e. The van der Waals surface area contributed by atoms with Gasteiger partial charge >= 0.3 is 11.9 Å². The molecular weight excluding hydrogens is 351 g/mol. The van der Waals surface area contributed by atoms with Gasteiger partial charge in [0.25, 0.3) is 5.56 Å². The largest absolute Gasteiger partial charge is 0.431 e. The van der Waals surface area contributed by atoms with Gasteiger partial charge in [-0.05, 0) is 17.2 Å². The molecule has 10 heteroatoms. The van der Waals surface area contributed by atoms with Crippen LogP contribution >= 0.6 is 11.6 Å². The summed E-state index contributed by atoms with van der Waals surface area (Å²) in [5, 5.41) is 0.442. The van der Waals surface area contributed by atoms with Crippen molar-refractivity contribution in [2.75, 3.05) is 7.11 Å². The summed E-state index contributed by atoms with van der Waals surface area (Å²) in [5.41, 5.74) is 0.209. The highest BCUT2D eigenvalue weighted by molar-refractivity contribution is 6.31.